The predicted molar refractivity (Wildman–Crippen MR) is 101 cm³/mol. The number of nitrogens with zero attached hydrogens (tertiary/aromatic N) is 1. The summed E-state index contributed by atoms with van der Waals surface area (Å²) in [4.78, 5) is 11.2. The molecule has 2 unspecified atom stereocenters. The van der Waals surface area contributed by atoms with E-state index in [1.807, 2.05) is 13.8 Å². The number of hydrogen-bond donors (Lipinski definition) is 0. The summed E-state index contributed by atoms with van der Waals surface area (Å²) < 4.78 is 25.2. The number of esters is 1. The molecular formula is C18H18Cl3NO5. The predicted octanol–water partition coefficient (Wildman–Crippen LogP) is 4.58. The van der Waals surface area contributed by atoms with Crippen molar-refractivity contribution in [1.29, 1.82) is 0 Å². The molecule has 0 radical (unpaired) electrons. The molecule has 0 spiro atoms. The minimum Gasteiger partial charge on any atom is -0.463 e. The number of benzene rings is 1. The van der Waals surface area contributed by atoms with Gasteiger partial charge in [-0.2, -0.15) is 0 Å². The van der Waals surface area contributed by atoms with Gasteiger partial charge < -0.3 is 23.5 Å². The third-order valence-corrected chi connectivity index (χ3v) is 5.68. The van der Waals surface area contributed by atoms with Gasteiger partial charge in [-0.05, 0) is 32.0 Å². The first-order valence-electron chi connectivity index (χ1n) is 8.46. The number of rotatable bonds is 3. The van der Waals surface area contributed by atoms with Gasteiger partial charge in [-0.25, -0.2) is 0 Å². The summed E-state index contributed by atoms with van der Waals surface area (Å²) in [5, 5.41) is 2.14. The molecule has 9 heteroatoms. The fourth-order valence-corrected chi connectivity index (χ4v) is 4.28. The van der Waals surface area contributed by atoms with Gasteiger partial charge in [-0.3, -0.25) is 4.79 Å². The molecule has 2 aliphatic rings. The number of hydrogen-bond acceptors (Lipinski definition) is 5. The van der Waals surface area contributed by atoms with Gasteiger partial charge in [0.25, 0.3) is 0 Å². The molecule has 2 aromatic rings. The average molecular weight is 435 g/mol. The fourth-order valence-electron chi connectivity index (χ4n) is 3.65. The Morgan fingerprint density at radius 3 is 2.52 bits per heavy atom. The molecule has 1 aromatic carbocycles. The summed E-state index contributed by atoms with van der Waals surface area (Å²) in [5.41, 5.74) is 0.764. The SMILES string of the molecule is CC(=O)OC[C@H]1O[C@@H](n2c(Cl)cc3cc(Cl)c(Cl)cc32)C2OC(C)(C)OC21. The molecule has 2 aliphatic heterocycles. The van der Waals surface area contributed by atoms with E-state index in [-0.39, 0.29) is 12.6 Å². The number of halogens is 3. The van der Waals surface area contributed by atoms with Crippen molar-refractivity contribution in [3.63, 3.8) is 0 Å². The summed E-state index contributed by atoms with van der Waals surface area (Å²) in [6, 6.07) is 5.28. The van der Waals surface area contributed by atoms with Crippen LogP contribution in [-0.4, -0.2) is 41.2 Å². The lowest BCUT2D eigenvalue weighted by Gasteiger charge is -2.25. The summed E-state index contributed by atoms with van der Waals surface area (Å²) >= 11 is 18.8. The molecule has 2 saturated heterocycles. The molecule has 4 atom stereocenters. The van der Waals surface area contributed by atoms with E-state index < -0.39 is 30.3 Å². The topological polar surface area (TPSA) is 58.9 Å². The molecule has 0 saturated carbocycles. The lowest BCUT2D eigenvalue weighted by atomic mass is 10.1. The highest BCUT2D eigenvalue weighted by Crippen LogP contribution is 2.46. The highest BCUT2D eigenvalue weighted by molar-refractivity contribution is 6.43. The zero-order valence-corrected chi connectivity index (χ0v) is 17.1. The van der Waals surface area contributed by atoms with Gasteiger partial charge in [0, 0.05) is 12.3 Å². The van der Waals surface area contributed by atoms with E-state index in [1.54, 1.807) is 22.8 Å². The van der Waals surface area contributed by atoms with Crippen LogP contribution in [0, 0.1) is 0 Å². The molecule has 6 nitrogen and oxygen atoms in total. The summed E-state index contributed by atoms with van der Waals surface area (Å²) in [6.07, 6.45) is -1.88. The van der Waals surface area contributed by atoms with Gasteiger partial charge in [0.05, 0.1) is 15.6 Å². The number of ether oxygens (including phenoxy) is 4. The number of aromatic nitrogens is 1. The second-order valence-corrected chi connectivity index (χ2v) is 8.30. The molecule has 1 aromatic heterocycles. The Hall–Kier alpha value is -1.02. The maximum absolute atomic E-state index is 11.2. The lowest BCUT2D eigenvalue weighted by molar-refractivity contribution is -0.201. The van der Waals surface area contributed by atoms with E-state index in [0.717, 1.165) is 10.9 Å². The second-order valence-electron chi connectivity index (χ2n) is 7.09. The maximum Gasteiger partial charge on any atom is 0.302 e. The van der Waals surface area contributed by atoms with Gasteiger partial charge in [-0.1, -0.05) is 34.8 Å². The largest absolute Gasteiger partial charge is 0.463 e. The lowest BCUT2D eigenvalue weighted by Crippen LogP contribution is -2.33. The van der Waals surface area contributed by atoms with Crippen molar-refractivity contribution in [3.05, 3.63) is 33.4 Å². The molecule has 0 amide bonds. The Morgan fingerprint density at radius 1 is 1.15 bits per heavy atom. The van der Waals surface area contributed by atoms with Crippen LogP contribution in [-0.2, 0) is 23.7 Å². The normalized spacial score (nSPS) is 29.3. The first-order chi connectivity index (χ1) is 12.7. The van der Waals surface area contributed by atoms with Gasteiger partial charge >= 0.3 is 5.97 Å². The van der Waals surface area contributed by atoms with Crippen LogP contribution in [0.5, 0.6) is 0 Å². The number of fused-ring (bicyclic) bond motifs is 2. The summed E-state index contributed by atoms with van der Waals surface area (Å²) in [5.74, 6) is -1.18. The molecule has 4 rings (SSSR count). The van der Waals surface area contributed by atoms with Crippen molar-refractivity contribution in [2.24, 2.45) is 0 Å². The molecule has 3 heterocycles. The Kier molecular flexibility index (Phi) is 4.86. The van der Waals surface area contributed by atoms with Crippen LogP contribution in [0.15, 0.2) is 18.2 Å². The molecule has 2 fully saturated rings. The van der Waals surface area contributed by atoms with Crippen LogP contribution in [0.2, 0.25) is 15.2 Å². The van der Waals surface area contributed by atoms with E-state index in [1.165, 1.54) is 6.92 Å². The van der Waals surface area contributed by atoms with Crippen molar-refractivity contribution in [2.45, 2.75) is 51.1 Å². The van der Waals surface area contributed by atoms with E-state index in [2.05, 4.69) is 0 Å². The van der Waals surface area contributed by atoms with Crippen LogP contribution in [0.25, 0.3) is 10.9 Å². The Labute approximate surface area is 171 Å². The van der Waals surface area contributed by atoms with Crippen molar-refractivity contribution in [2.75, 3.05) is 6.61 Å². The highest BCUT2D eigenvalue weighted by Gasteiger charge is 2.56. The zero-order chi connectivity index (χ0) is 19.5. The van der Waals surface area contributed by atoms with Crippen LogP contribution >= 0.6 is 34.8 Å². The van der Waals surface area contributed by atoms with E-state index in [4.69, 9.17) is 53.8 Å². The van der Waals surface area contributed by atoms with Crippen LogP contribution < -0.4 is 0 Å². The zero-order valence-electron chi connectivity index (χ0n) is 14.9. The minimum atomic E-state index is -0.789. The molecule has 0 bridgehead atoms. The average Bonchev–Trinajstić information content (AvgIpc) is 3.14. The van der Waals surface area contributed by atoms with E-state index in [0.29, 0.717) is 15.2 Å². The fraction of sp³-hybridized carbons (Fsp3) is 0.500. The van der Waals surface area contributed by atoms with Crippen LogP contribution in [0.3, 0.4) is 0 Å². The van der Waals surface area contributed by atoms with Gasteiger partial charge in [0.15, 0.2) is 12.0 Å². The van der Waals surface area contributed by atoms with Gasteiger partial charge in [0.1, 0.15) is 30.1 Å². The Bertz CT molecular complexity index is 912. The first-order valence-corrected chi connectivity index (χ1v) is 9.59. The van der Waals surface area contributed by atoms with Crippen LogP contribution in [0.1, 0.15) is 27.0 Å². The number of carbonyl (C=O) groups excluding carboxylic acids is 1. The van der Waals surface area contributed by atoms with Gasteiger partial charge in [-0.15, -0.1) is 0 Å². The smallest absolute Gasteiger partial charge is 0.302 e. The third kappa shape index (κ3) is 3.43. The third-order valence-electron chi connectivity index (χ3n) is 4.66. The summed E-state index contributed by atoms with van der Waals surface area (Å²) in [7, 11) is 0. The standard InChI is InChI=1S/C18H18Cl3NO5/c1-8(23)24-7-13-15-16(27-18(2,3)26-15)17(25-13)22-12-6-11(20)10(19)4-9(12)5-14(22)21/h4-6,13,15-17H,7H2,1-3H3/t13-,15?,16?,17-/m1/s1. The first kappa shape index (κ1) is 19.3. The maximum atomic E-state index is 11.2. The van der Waals surface area contributed by atoms with E-state index in [9.17, 15) is 4.79 Å². The Morgan fingerprint density at radius 2 is 1.81 bits per heavy atom. The van der Waals surface area contributed by atoms with Crippen molar-refractivity contribution in [1.82, 2.24) is 4.57 Å². The second kappa shape index (κ2) is 6.79. The highest BCUT2D eigenvalue weighted by atomic mass is 35.5. The summed E-state index contributed by atoms with van der Waals surface area (Å²) in [6.45, 7) is 5.08. The molecule has 0 aliphatic carbocycles. The molecule has 27 heavy (non-hydrogen) atoms. The molecule has 0 N–H and O–H groups in total. The van der Waals surface area contributed by atoms with Gasteiger partial charge in [0.2, 0.25) is 0 Å². The molecular weight excluding hydrogens is 417 g/mol. The van der Waals surface area contributed by atoms with Crippen LogP contribution in [0.4, 0.5) is 0 Å². The van der Waals surface area contributed by atoms with Crippen molar-refractivity contribution < 1.29 is 23.7 Å². The number of carbonyl (C=O) groups is 1. The Balaban J connectivity index is 1.74. The minimum absolute atomic E-state index is 0.0653. The van der Waals surface area contributed by atoms with E-state index >= 15 is 0 Å². The molecule has 146 valence electrons. The quantitative estimate of drug-likeness (QED) is 0.662. The monoisotopic (exact) mass is 433 g/mol. The van der Waals surface area contributed by atoms with Crippen molar-refractivity contribution >= 4 is 51.7 Å². The van der Waals surface area contributed by atoms with Crippen molar-refractivity contribution in [3.8, 4) is 0 Å².